The summed E-state index contributed by atoms with van der Waals surface area (Å²) in [6.45, 7) is 5.31. The highest BCUT2D eigenvalue weighted by Gasteiger charge is 2.25. The lowest BCUT2D eigenvalue weighted by Gasteiger charge is -2.34. The molecule has 1 aliphatic heterocycles. The Balaban J connectivity index is 1.87. The standard InChI is InChI=1S/C21H26N2O5/c1-15-10-16(2)13-23(12-15)20(24)14-28-21(25)7-5-17-4-6-18(27-9-8-22)19(11-17)26-3/h4-7,11,15-16H,9-10,12-14H2,1-3H3/b7-5+/t15-,16-/m1/s1. The fourth-order valence-electron chi connectivity index (χ4n) is 3.32. The van der Waals surface area contributed by atoms with Crippen molar-refractivity contribution in [3.8, 4) is 17.6 Å². The molecule has 1 heterocycles. The van der Waals surface area contributed by atoms with Crippen LogP contribution >= 0.6 is 0 Å². The minimum atomic E-state index is -0.588. The van der Waals surface area contributed by atoms with Crippen molar-refractivity contribution >= 4 is 18.0 Å². The third kappa shape index (κ3) is 6.31. The molecule has 7 nitrogen and oxygen atoms in total. The van der Waals surface area contributed by atoms with Crippen LogP contribution in [0, 0.1) is 23.2 Å². The van der Waals surface area contributed by atoms with Crippen molar-refractivity contribution in [2.45, 2.75) is 20.3 Å². The van der Waals surface area contributed by atoms with Crippen LogP contribution in [0.5, 0.6) is 11.5 Å². The number of carbonyl (C=O) groups excluding carboxylic acids is 2. The fourth-order valence-corrected chi connectivity index (χ4v) is 3.32. The molecule has 0 unspecified atom stereocenters. The summed E-state index contributed by atoms with van der Waals surface area (Å²) in [7, 11) is 1.49. The maximum atomic E-state index is 12.2. The summed E-state index contributed by atoms with van der Waals surface area (Å²) < 4.78 is 15.5. The average Bonchev–Trinajstić information content (AvgIpc) is 2.68. The topological polar surface area (TPSA) is 88.9 Å². The zero-order valence-electron chi connectivity index (χ0n) is 16.5. The molecular weight excluding hydrogens is 360 g/mol. The normalized spacial score (nSPS) is 19.1. The number of carbonyl (C=O) groups is 2. The van der Waals surface area contributed by atoms with E-state index in [0.717, 1.165) is 6.42 Å². The highest BCUT2D eigenvalue weighted by Crippen LogP contribution is 2.28. The van der Waals surface area contributed by atoms with Crippen molar-refractivity contribution in [3.05, 3.63) is 29.8 Å². The monoisotopic (exact) mass is 386 g/mol. The van der Waals surface area contributed by atoms with Gasteiger partial charge in [-0.3, -0.25) is 4.79 Å². The molecule has 2 atom stereocenters. The molecule has 1 aliphatic rings. The molecule has 0 bridgehead atoms. The number of piperidine rings is 1. The Morgan fingerprint density at radius 2 is 1.96 bits per heavy atom. The second kappa shape index (κ2) is 10.4. The lowest BCUT2D eigenvalue weighted by Crippen LogP contribution is -2.44. The number of methoxy groups -OCH3 is 1. The van der Waals surface area contributed by atoms with E-state index >= 15 is 0 Å². The molecule has 1 aromatic rings. The molecule has 0 N–H and O–H groups in total. The molecule has 0 aromatic heterocycles. The Bertz CT molecular complexity index is 759. The number of rotatable bonds is 7. The van der Waals surface area contributed by atoms with Crippen LogP contribution in [-0.2, 0) is 14.3 Å². The van der Waals surface area contributed by atoms with Gasteiger partial charge in [0.05, 0.1) is 7.11 Å². The lowest BCUT2D eigenvalue weighted by atomic mass is 9.92. The van der Waals surface area contributed by atoms with E-state index in [1.165, 1.54) is 13.2 Å². The molecule has 1 fully saturated rings. The van der Waals surface area contributed by atoms with Crippen LogP contribution in [0.15, 0.2) is 24.3 Å². The molecule has 1 saturated heterocycles. The first-order valence-electron chi connectivity index (χ1n) is 9.23. The van der Waals surface area contributed by atoms with Crippen molar-refractivity contribution in [3.63, 3.8) is 0 Å². The van der Waals surface area contributed by atoms with Crippen LogP contribution in [-0.4, -0.2) is 50.2 Å². The molecule has 0 radical (unpaired) electrons. The molecular formula is C21H26N2O5. The number of nitriles is 1. The molecule has 0 aliphatic carbocycles. The molecule has 0 saturated carbocycles. The first-order valence-corrected chi connectivity index (χ1v) is 9.23. The third-order valence-electron chi connectivity index (χ3n) is 4.45. The number of likely N-dealkylation sites (tertiary alicyclic amines) is 1. The van der Waals surface area contributed by atoms with E-state index in [1.54, 1.807) is 29.2 Å². The van der Waals surface area contributed by atoms with Gasteiger partial charge in [0.2, 0.25) is 0 Å². The summed E-state index contributed by atoms with van der Waals surface area (Å²) in [5.74, 6) is 1.06. The van der Waals surface area contributed by atoms with Crippen molar-refractivity contribution in [1.29, 1.82) is 5.26 Å². The Kier molecular flexibility index (Phi) is 7.88. The molecule has 7 heteroatoms. The molecule has 28 heavy (non-hydrogen) atoms. The predicted molar refractivity (Wildman–Crippen MR) is 104 cm³/mol. The van der Waals surface area contributed by atoms with E-state index < -0.39 is 5.97 Å². The first kappa shape index (κ1) is 21.3. The second-order valence-corrected chi connectivity index (χ2v) is 7.04. The van der Waals surface area contributed by atoms with Crippen LogP contribution in [0.3, 0.4) is 0 Å². The number of nitrogens with zero attached hydrogens (tertiary/aromatic N) is 2. The first-order chi connectivity index (χ1) is 13.4. The summed E-state index contributed by atoms with van der Waals surface area (Å²) in [4.78, 5) is 25.9. The minimum Gasteiger partial charge on any atom is -0.493 e. The maximum absolute atomic E-state index is 12.2. The van der Waals surface area contributed by atoms with E-state index in [2.05, 4.69) is 13.8 Å². The summed E-state index contributed by atoms with van der Waals surface area (Å²) in [6.07, 6.45) is 3.93. The van der Waals surface area contributed by atoms with E-state index in [-0.39, 0.29) is 19.1 Å². The fraction of sp³-hybridized carbons (Fsp3) is 0.476. The summed E-state index contributed by atoms with van der Waals surface area (Å²) in [5, 5.41) is 8.58. The van der Waals surface area contributed by atoms with E-state index in [4.69, 9.17) is 19.5 Å². The number of benzene rings is 1. The van der Waals surface area contributed by atoms with Crippen molar-refractivity contribution in [1.82, 2.24) is 4.90 Å². The van der Waals surface area contributed by atoms with Gasteiger partial charge in [0, 0.05) is 19.2 Å². The molecule has 1 amide bonds. The van der Waals surface area contributed by atoms with Crippen LogP contribution in [0.25, 0.3) is 6.08 Å². The van der Waals surface area contributed by atoms with Crippen LogP contribution in [0.2, 0.25) is 0 Å². The van der Waals surface area contributed by atoms with Crippen molar-refractivity contribution in [2.24, 2.45) is 11.8 Å². The summed E-state index contributed by atoms with van der Waals surface area (Å²) in [6, 6.07) is 6.95. The Morgan fingerprint density at radius 3 is 2.61 bits per heavy atom. The van der Waals surface area contributed by atoms with Gasteiger partial charge in [-0.1, -0.05) is 19.9 Å². The van der Waals surface area contributed by atoms with Gasteiger partial charge in [0.15, 0.2) is 24.7 Å². The van der Waals surface area contributed by atoms with Gasteiger partial charge in [-0.05, 0) is 42.0 Å². The van der Waals surface area contributed by atoms with Gasteiger partial charge in [0.25, 0.3) is 5.91 Å². The van der Waals surface area contributed by atoms with Crippen LogP contribution in [0.1, 0.15) is 25.8 Å². The van der Waals surface area contributed by atoms with E-state index in [1.807, 2.05) is 6.07 Å². The van der Waals surface area contributed by atoms with Gasteiger partial charge >= 0.3 is 5.97 Å². The summed E-state index contributed by atoms with van der Waals surface area (Å²) in [5.41, 5.74) is 0.697. The Hall–Kier alpha value is -3.01. The average molecular weight is 386 g/mol. The van der Waals surface area contributed by atoms with Gasteiger partial charge in [0.1, 0.15) is 6.07 Å². The Labute approximate surface area is 165 Å². The quantitative estimate of drug-likeness (QED) is 0.529. The molecule has 1 aromatic carbocycles. The molecule has 0 spiro atoms. The van der Waals surface area contributed by atoms with Crippen molar-refractivity contribution in [2.75, 3.05) is 33.4 Å². The van der Waals surface area contributed by atoms with Crippen LogP contribution < -0.4 is 9.47 Å². The number of hydrogen-bond donors (Lipinski definition) is 0. The zero-order valence-corrected chi connectivity index (χ0v) is 16.5. The maximum Gasteiger partial charge on any atom is 0.331 e. The highest BCUT2D eigenvalue weighted by molar-refractivity contribution is 5.89. The highest BCUT2D eigenvalue weighted by atomic mass is 16.5. The SMILES string of the molecule is COc1cc(/C=C/C(=O)OCC(=O)N2C[C@H](C)C[C@@H](C)C2)ccc1OCC#N. The van der Waals surface area contributed by atoms with E-state index in [0.29, 0.717) is 42.0 Å². The largest absolute Gasteiger partial charge is 0.493 e. The Morgan fingerprint density at radius 1 is 1.25 bits per heavy atom. The van der Waals surface area contributed by atoms with Gasteiger partial charge in [-0.25, -0.2) is 4.79 Å². The van der Waals surface area contributed by atoms with Crippen LogP contribution in [0.4, 0.5) is 0 Å². The number of amides is 1. The van der Waals surface area contributed by atoms with Gasteiger partial charge < -0.3 is 19.1 Å². The minimum absolute atomic E-state index is 0.0829. The van der Waals surface area contributed by atoms with Crippen molar-refractivity contribution < 1.29 is 23.8 Å². The van der Waals surface area contributed by atoms with Gasteiger partial charge in [-0.2, -0.15) is 5.26 Å². The second-order valence-electron chi connectivity index (χ2n) is 7.04. The number of hydrogen-bond acceptors (Lipinski definition) is 6. The van der Waals surface area contributed by atoms with E-state index in [9.17, 15) is 9.59 Å². The molecule has 2 rings (SSSR count). The molecule has 150 valence electrons. The third-order valence-corrected chi connectivity index (χ3v) is 4.45. The summed E-state index contributed by atoms with van der Waals surface area (Å²) >= 11 is 0. The smallest absolute Gasteiger partial charge is 0.331 e. The zero-order chi connectivity index (χ0) is 20.5. The van der Waals surface area contributed by atoms with Gasteiger partial charge in [-0.15, -0.1) is 0 Å². The predicted octanol–water partition coefficient (Wildman–Crippen LogP) is 2.66. The number of esters is 1. The number of ether oxygens (including phenoxy) is 3. The lowest BCUT2D eigenvalue weighted by molar-refractivity contribution is -0.149.